The van der Waals surface area contributed by atoms with Gasteiger partial charge in [-0.3, -0.25) is 19.9 Å². The molecule has 2 rings (SSSR count). The summed E-state index contributed by atoms with van der Waals surface area (Å²) in [6.45, 7) is 3.91. The molecule has 8 nitrogen and oxygen atoms in total. The third-order valence-corrected chi connectivity index (χ3v) is 3.32. The predicted octanol–water partition coefficient (Wildman–Crippen LogP) is 1.66. The Morgan fingerprint density at radius 1 is 1.26 bits per heavy atom. The number of H-pyrrole nitrogens is 2. The number of nitrogens with zero attached hydrogens (tertiary/aromatic N) is 1. The predicted molar refractivity (Wildman–Crippen MR) is 84.1 cm³/mol. The van der Waals surface area contributed by atoms with Gasteiger partial charge in [0.1, 0.15) is 0 Å². The monoisotopic (exact) mass is 319 g/mol. The third kappa shape index (κ3) is 3.85. The zero-order valence-electron chi connectivity index (χ0n) is 12.8. The molecule has 2 N–H and O–H groups in total. The number of nitro groups is 1. The number of nitro benzene ring substituents is 1. The van der Waals surface area contributed by atoms with Crippen LogP contribution < -0.4 is 16.0 Å². The number of benzene rings is 1. The molecule has 0 aliphatic heterocycles. The molecule has 0 unspecified atom stereocenters. The van der Waals surface area contributed by atoms with E-state index in [4.69, 9.17) is 4.74 Å². The van der Waals surface area contributed by atoms with Gasteiger partial charge in [-0.2, -0.15) is 0 Å². The zero-order chi connectivity index (χ0) is 17.0. The van der Waals surface area contributed by atoms with Crippen molar-refractivity contribution < 1.29 is 9.66 Å². The van der Waals surface area contributed by atoms with Crippen LogP contribution in [-0.4, -0.2) is 21.5 Å². The van der Waals surface area contributed by atoms with Gasteiger partial charge in [-0.15, -0.1) is 0 Å². The molecule has 0 bridgehead atoms. The van der Waals surface area contributed by atoms with E-state index < -0.39 is 16.2 Å². The van der Waals surface area contributed by atoms with Crippen LogP contribution in [0.4, 0.5) is 5.69 Å². The van der Waals surface area contributed by atoms with Crippen LogP contribution >= 0.6 is 0 Å². The molecular formula is C15H17N3O5. The number of ether oxygens (including phenoxy) is 1. The fraction of sp³-hybridized carbons (Fsp3) is 0.333. The van der Waals surface area contributed by atoms with Crippen LogP contribution in [0.15, 0.2) is 27.8 Å². The van der Waals surface area contributed by atoms with E-state index in [1.807, 2.05) is 6.92 Å². The molecule has 122 valence electrons. The van der Waals surface area contributed by atoms with E-state index >= 15 is 0 Å². The summed E-state index contributed by atoms with van der Waals surface area (Å²) in [5.74, 6) is 0.202. The lowest BCUT2D eigenvalue weighted by Crippen LogP contribution is -2.27. The number of hydrogen-bond acceptors (Lipinski definition) is 5. The van der Waals surface area contributed by atoms with E-state index in [-0.39, 0.29) is 17.9 Å². The Hall–Kier alpha value is -2.90. The number of aryl methyl sites for hydroxylation is 1. The van der Waals surface area contributed by atoms with Crippen molar-refractivity contribution in [2.24, 2.45) is 0 Å². The molecule has 2 aromatic rings. The van der Waals surface area contributed by atoms with Gasteiger partial charge in [0.15, 0.2) is 5.75 Å². The number of hydrogen-bond donors (Lipinski definition) is 2. The second-order valence-electron chi connectivity index (χ2n) is 5.10. The zero-order valence-corrected chi connectivity index (χ0v) is 12.8. The van der Waals surface area contributed by atoms with Gasteiger partial charge >= 0.3 is 11.4 Å². The molecule has 0 spiro atoms. The van der Waals surface area contributed by atoms with Crippen molar-refractivity contribution in [2.45, 2.75) is 26.7 Å². The molecular weight excluding hydrogens is 302 g/mol. The second-order valence-corrected chi connectivity index (χ2v) is 5.10. The summed E-state index contributed by atoms with van der Waals surface area (Å²) in [6, 6.07) is 4.58. The van der Waals surface area contributed by atoms with Crippen molar-refractivity contribution >= 4 is 5.69 Å². The highest BCUT2D eigenvalue weighted by Crippen LogP contribution is 2.28. The Bertz CT molecular complexity index is 838. The van der Waals surface area contributed by atoms with Crippen LogP contribution in [0, 0.1) is 17.0 Å². The molecule has 8 heteroatoms. The largest absolute Gasteiger partial charge is 0.487 e. The Morgan fingerprint density at radius 3 is 2.61 bits per heavy atom. The third-order valence-electron chi connectivity index (χ3n) is 3.32. The number of aromatic amines is 2. The average Bonchev–Trinajstić information content (AvgIpc) is 2.49. The van der Waals surface area contributed by atoms with Gasteiger partial charge in [0.05, 0.1) is 11.5 Å². The molecule has 1 aromatic carbocycles. The van der Waals surface area contributed by atoms with Crippen molar-refractivity contribution in [1.82, 2.24) is 9.97 Å². The van der Waals surface area contributed by atoms with Crippen molar-refractivity contribution in [3.8, 4) is 5.75 Å². The van der Waals surface area contributed by atoms with Crippen LogP contribution in [0.3, 0.4) is 0 Å². The lowest BCUT2D eigenvalue weighted by atomic mass is 10.0. The SMILES string of the molecule is CCCOc1ccc(Cc2c(C)[nH]c(=O)[nH]c2=O)cc1[N+](=O)[O-]. The van der Waals surface area contributed by atoms with Gasteiger partial charge in [-0.05, 0) is 25.0 Å². The summed E-state index contributed by atoms with van der Waals surface area (Å²) in [5, 5.41) is 11.2. The highest BCUT2D eigenvalue weighted by Gasteiger charge is 2.17. The fourth-order valence-corrected chi connectivity index (χ4v) is 2.19. The summed E-state index contributed by atoms with van der Waals surface area (Å²) >= 11 is 0. The summed E-state index contributed by atoms with van der Waals surface area (Å²) in [5.41, 5.74) is 0.162. The van der Waals surface area contributed by atoms with Gasteiger partial charge in [0, 0.05) is 23.7 Å². The summed E-state index contributed by atoms with van der Waals surface area (Å²) in [7, 11) is 0. The molecule has 0 atom stereocenters. The van der Waals surface area contributed by atoms with Crippen molar-refractivity contribution in [2.75, 3.05) is 6.61 Å². The summed E-state index contributed by atoms with van der Waals surface area (Å²) in [4.78, 5) is 38.4. The molecule has 0 radical (unpaired) electrons. The molecule has 0 saturated carbocycles. The lowest BCUT2D eigenvalue weighted by molar-refractivity contribution is -0.385. The smallest absolute Gasteiger partial charge is 0.325 e. The minimum atomic E-state index is -0.578. The first-order valence-corrected chi connectivity index (χ1v) is 7.14. The standard InChI is InChI=1S/C15H17N3O5/c1-3-6-23-13-5-4-10(8-12(13)18(21)22)7-11-9(2)16-15(20)17-14(11)19/h4-5,8H,3,6-7H2,1-2H3,(H2,16,17,19,20). The Morgan fingerprint density at radius 2 is 2.00 bits per heavy atom. The molecule has 1 heterocycles. The molecule has 1 aromatic heterocycles. The lowest BCUT2D eigenvalue weighted by Gasteiger charge is -2.08. The molecule has 0 fully saturated rings. The Balaban J connectivity index is 2.38. The highest BCUT2D eigenvalue weighted by molar-refractivity contribution is 5.49. The Kier molecular flexibility index (Phi) is 4.95. The first-order chi connectivity index (χ1) is 10.9. The van der Waals surface area contributed by atoms with Crippen LogP contribution in [0.1, 0.15) is 30.2 Å². The summed E-state index contributed by atoms with van der Waals surface area (Å²) in [6.07, 6.45) is 0.914. The maximum atomic E-state index is 11.9. The van der Waals surface area contributed by atoms with Crippen molar-refractivity contribution in [1.29, 1.82) is 0 Å². The number of aromatic nitrogens is 2. The summed E-state index contributed by atoms with van der Waals surface area (Å²) < 4.78 is 5.36. The van der Waals surface area contributed by atoms with E-state index in [0.717, 1.165) is 6.42 Å². The molecule has 0 aliphatic rings. The van der Waals surface area contributed by atoms with Crippen LogP contribution in [-0.2, 0) is 6.42 Å². The maximum Gasteiger partial charge on any atom is 0.325 e. The van der Waals surface area contributed by atoms with E-state index in [1.165, 1.54) is 12.1 Å². The quantitative estimate of drug-likeness (QED) is 0.620. The minimum absolute atomic E-state index is 0.144. The van der Waals surface area contributed by atoms with Crippen molar-refractivity contribution in [3.05, 3.63) is 66.0 Å². The highest BCUT2D eigenvalue weighted by atomic mass is 16.6. The molecule has 0 saturated heterocycles. The van der Waals surface area contributed by atoms with E-state index in [2.05, 4.69) is 9.97 Å². The van der Waals surface area contributed by atoms with Gasteiger partial charge in [-0.1, -0.05) is 13.0 Å². The fourth-order valence-electron chi connectivity index (χ4n) is 2.19. The topological polar surface area (TPSA) is 118 Å². The van der Waals surface area contributed by atoms with E-state index in [0.29, 0.717) is 23.4 Å². The number of nitrogens with one attached hydrogen (secondary N) is 2. The van der Waals surface area contributed by atoms with Crippen LogP contribution in [0.5, 0.6) is 5.75 Å². The average molecular weight is 319 g/mol. The minimum Gasteiger partial charge on any atom is -0.487 e. The maximum absolute atomic E-state index is 11.9. The van der Waals surface area contributed by atoms with Crippen LogP contribution in [0.25, 0.3) is 0 Å². The van der Waals surface area contributed by atoms with E-state index in [1.54, 1.807) is 13.0 Å². The first-order valence-electron chi connectivity index (χ1n) is 7.14. The van der Waals surface area contributed by atoms with Crippen LogP contribution in [0.2, 0.25) is 0 Å². The van der Waals surface area contributed by atoms with Crippen molar-refractivity contribution in [3.63, 3.8) is 0 Å². The molecule has 0 amide bonds. The molecule has 23 heavy (non-hydrogen) atoms. The van der Waals surface area contributed by atoms with E-state index in [9.17, 15) is 19.7 Å². The first kappa shape index (κ1) is 16.5. The Labute approximate surface area is 131 Å². The number of rotatable bonds is 6. The normalized spacial score (nSPS) is 10.5. The van der Waals surface area contributed by atoms with Gasteiger partial charge < -0.3 is 9.72 Å². The van der Waals surface area contributed by atoms with Gasteiger partial charge in [0.25, 0.3) is 5.56 Å². The molecule has 0 aliphatic carbocycles. The second kappa shape index (κ2) is 6.91. The van der Waals surface area contributed by atoms with Gasteiger partial charge in [-0.25, -0.2) is 4.79 Å². The van der Waals surface area contributed by atoms with Gasteiger partial charge in [0.2, 0.25) is 0 Å².